The fourth-order valence-electron chi connectivity index (χ4n) is 0.356. The third-order valence-corrected chi connectivity index (χ3v) is 0.879. The van der Waals surface area contributed by atoms with Gasteiger partial charge in [-0.1, -0.05) is 6.58 Å². The summed E-state index contributed by atoms with van der Waals surface area (Å²) in [6.45, 7) is 6.65. The Balaban J connectivity index is 3.88. The van der Waals surface area contributed by atoms with E-state index < -0.39 is 5.91 Å². The number of carbonyl (C=O) groups is 1. The summed E-state index contributed by atoms with van der Waals surface area (Å²) in [6, 6.07) is 0. The standard InChI is InChI=1S/C6H10NO2/c1-4-7(9)6(8)5(2)3/h2,4H2,1,3H3/q-1. The van der Waals surface area contributed by atoms with Crippen LogP contribution in [0.15, 0.2) is 12.2 Å². The van der Waals surface area contributed by atoms with Crippen molar-refractivity contribution in [1.29, 1.82) is 0 Å². The monoisotopic (exact) mass is 128 g/mol. The molecule has 0 aromatic heterocycles. The molecule has 3 heteroatoms. The van der Waals surface area contributed by atoms with E-state index in [0.717, 1.165) is 0 Å². The molecule has 0 aliphatic rings. The molecule has 0 fully saturated rings. The molecule has 0 radical (unpaired) electrons. The van der Waals surface area contributed by atoms with Gasteiger partial charge in [0.05, 0.1) is 0 Å². The topological polar surface area (TPSA) is 43.4 Å². The Morgan fingerprint density at radius 1 is 1.78 bits per heavy atom. The van der Waals surface area contributed by atoms with Crippen LogP contribution in [0, 0.1) is 5.21 Å². The minimum atomic E-state index is -0.530. The van der Waals surface area contributed by atoms with Crippen LogP contribution in [-0.4, -0.2) is 17.5 Å². The molecule has 0 N–H and O–H groups in total. The van der Waals surface area contributed by atoms with Crippen LogP contribution >= 0.6 is 0 Å². The minimum absolute atomic E-state index is 0.186. The maximum absolute atomic E-state index is 10.6. The molecule has 0 aromatic rings. The Bertz CT molecular complexity index is 131. The van der Waals surface area contributed by atoms with Gasteiger partial charge in [0.1, 0.15) is 0 Å². The molecule has 0 aliphatic heterocycles. The molecule has 0 spiro atoms. The zero-order chi connectivity index (χ0) is 7.44. The largest absolute Gasteiger partial charge is 0.756 e. The van der Waals surface area contributed by atoms with Gasteiger partial charge in [-0.15, -0.1) is 0 Å². The fourth-order valence-corrected chi connectivity index (χ4v) is 0.356. The zero-order valence-corrected chi connectivity index (χ0v) is 5.68. The molecule has 0 rings (SSSR count). The summed E-state index contributed by atoms with van der Waals surface area (Å²) in [5.74, 6) is -0.530. The highest BCUT2D eigenvalue weighted by molar-refractivity contribution is 5.92. The molecule has 0 saturated heterocycles. The first-order valence-electron chi connectivity index (χ1n) is 2.74. The lowest BCUT2D eigenvalue weighted by molar-refractivity contribution is -0.124. The summed E-state index contributed by atoms with van der Waals surface area (Å²) < 4.78 is 0. The molecule has 0 aliphatic carbocycles. The summed E-state index contributed by atoms with van der Waals surface area (Å²) in [4.78, 5) is 10.6. The molecule has 0 saturated carbocycles. The van der Waals surface area contributed by atoms with Crippen LogP contribution < -0.4 is 0 Å². The van der Waals surface area contributed by atoms with Gasteiger partial charge in [-0.3, -0.25) is 4.79 Å². The van der Waals surface area contributed by atoms with E-state index in [1.807, 2.05) is 0 Å². The van der Waals surface area contributed by atoms with Crippen molar-refractivity contribution in [2.45, 2.75) is 13.8 Å². The number of likely N-dealkylation sites (N-methyl/N-ethyl adjacent to an activating group) is 1. The predicted octanol–water partition coefficient (Wildman–Crippen LogP) is 0.909. The Hall–Kier alpha value is -0.830. The highest BCUT2D eigenvalue weighted by atomic mass is 16.5. The summed E-state index contributed by atoms with van der Waals surface area (Å²) in [6.07, 6.45) is 0. The van der Waals surface area contributed by atoms with Crippen molar-refractivity contribution < 1.29 is 4.79 Å². The molecule has 3 nitrogen and oxygen atoms in total. The van der Waals surface area contributed by atoms with Crippen molar-refractivity contribution in [2.75, 3.05) is 6.54 Å². The quantitative estimate of drug-likeness (QED) is 0.409. The summed E-state index contributed by atoms with van der Waals surface area (Å²) >= 11 is 0. The third kappa shape index (κ3) is 2.28. The number of hydrogen-bond donors (Lipinski definition) is 0. The van der Waals surface area contributed by atoms with E-state index in [-0.39, 0.29) is 12.1 Å². The molecule has 9 heavy (non-hydrogen) atoms. The maximum Gasteiger partial charge on any atom is 0.238 e. The molecule has 0 atom stereocenters. The van der Waals surface area contributed by atoms with Gasteiger partial charge in [0.25, 0.3) is 0 Å². The van der Waals surface area contributed by atoms with E-state index >= 15 is 0 Å². The van der Waals surface area contributed by atoms with Gasteiger partial charge in [0.15, 0.2) is 0 Å². The van der Waals surface area contributed by atoms with Crippen LogP contribution in [0.1, 0.15) is 13.8 Å². The van der Waals surface area contributed by atoms with Crippen molar-refractivity contribution in [2.24, 2.45) is 0 Å². The lowest BCUT2D eigenvalue weighted by atomic mass is 10.3. The fraction of sp³-hybridized carbons (Fsp3) is 0.500. The first-order chi connectivity index (χ1) is 4.09. The lowest BCUT2D eigenvalue weighted by Crippen LogP contribution is -2.24. The van der Waals surface area contributed by atoms with Crippen LogP contribution in [0.5, 0.6) is 0 Å². The second-order valence-corrected chi connectivity index (χ2v) is 1.78. The molecular weight excluding hydrogens is 118 g/mol. The van der Waals surface area contributed by atoms with Crippen molar-refractivity contribution in [3.8, 4) is 0 Å². The molecule has 0 aromatic carbocycles. The number of hydroxylamine groups is 2. The maximum atomic E-state index is 10.6. The highest BCUT2D eigenvalue weighted by Gasteiger charge is 1.99. The number of rotatable bonds is 2. The zero-order valence-electron chi connectivity index (χ0n) is 5.68. The van der Waals surface area contributed by atoms with Gasteiger partial charge in [0, 0.05) is 12.1 Å². The second kappa shape index (κ2) is 3.25. The predicted molar refractivity (Wildman–Crippen MR) is 35.6 cm³/mol. The van der Waals surface area contributed by atoms with Gasteiger partial charge in [0.2, 0.25) is 5.91 Å². The van der Waals surface area contributed by atoms with E-state index in [9.17, 15) is 10.0 Å². The van der Waals surface area contributed by atoms with Gasteiger partial charge in [-0.25, -0.2) is 0 Å². The van der Waals surface area contributed by atoms with Gasteiger partial charge in [-0.2, -0.15) is 0 Å². The average Bonchev–Trinajstić information content (AvgIpc) is 1.84. The lowest BCUT2D eigenvalue weighted by Gasteiger charge is -2.25. The van der Waals surface area contributed by atoms with Crippen LogP contribution in [0.2, 0.25) is 0 Å². The van der Waals surface area contributed by atoms with E-state index in [1.54, 1.807) is 6.92 Å². The molecule has 1 amide bonds. The summed E-state index contributed by atoms with van der Waals surface area (Å²) in [7, 11) is 0. The van der Waals surface area contributed by atoms with Gasteiger partial charge < -0.3 is 10.3 Å². The highest BCUT2D eigenvalue weighted by Crippen LogP contribution is 1.94. The smallest absolute Gasteiger partial charge is 0.238 e. The molecular formula is C6H10NO2-. The van der Waals surface area contributed by atoms with E-state index in [0.29, 0.717) is 5.06 Å². The normalized spacial score (nSPS) is 8.78. The van der Waals surface area contributed by atoms with Gasteiger partial charge >= 0.3 is 0 Å². The van der Waals surface area contributed by atoms with Crippen LogP contribution in [-0.2, 0) is 4.79 Å². The average molecular weight is 128 g/mol. The Labute approximate surface area is 54.5 Å². The number of nitrogens with zero attached hydrogens (tertiary/aromatic N) is 1. The number of amides is 1. The Morgan fingerprint density at radius 2 is 2.22 bits per heavy atom. The molecule has 0 heterocycles. The SMILES string of the molecule is C=C(C)C(=O)N([O-])CC. The first-order valence-corrected chi connectivity index (χ1v) is 2.74. The van der Waals surface area contributed by atoms with Gasteiger partial charge in [-0.05, 0) is 13.8 Å². The van der Waals surface area contributed by atoms with Crippen molar-refractivity contribution in [3.05, 3.63) is 17.4 Å². The molecule has 0 bridgehead atoms. The Morgan fingerprint density at radius 3 is 2.33 bits per heavy atom. The summed E-state index contributed by atoms with van der Waals surface area (Å²) in [5, 5.41) is 10.8. The van der Waals surface area contributed by atoms with Crippen LogP contribution in [0.3, 0.4) is 0 Å². The van der Waals surface area contributed by atoms with E-state index in [1.165, 1.54) is 6.92 Å². The number of carbonyl (C=O) groups excluding carboxylic acids is 1. The Kier molecular flexibility index (Phi) is 2.95. The van der Waals surface area contributed by atoms with Crippen LogP contribution in [0.25, 0.3) is 0 Å². The second-order valence-electron chi connectivity index (χ2n) is 1.78. The molecule has 0 unspecified atom stereocenters. The van der Waals surface area contributed by atoms with E-state index in [4.69, 9.17) is 0 Å². The van der Waals surface area contributed by atoms with Crippen LogP contribution in [0.4, 0.5) is 0 Å². The third-order valence-electron chi connectivity index (χ3n) is 0.879. The van der Waals surface area contributed by atoms with Crippen molar-refractivity contribution in [1.82, 2.24) is 5.06 Å². The minimum Gasteiger partial charge on any atom is -0.756 e. The van der Waals surface area contributed by atoms with E-state index in [2.05, 4.69) is 6.58 Å². The number of hydrogen-bond acceptors (Lipinski definition) is 2. The molecule has 52 valence electrons. The van der Waals surface area contributed by atoms with Crippen molar-refractivity contribution >= 4 is 5.91 Å². The summed E-state index contributed by atoms with van der Waals surface area (Å²) in [5.41, 5.74) is 0.284. The van der Waals surface area contributed by atoms with Crippen molar-refractivity contribution in [3.63, 3.8) is 0 Å². The first kappa shape index (κ1) is 8.17.